The van der Waals surface area contributed by atoms with Gasteiger partial charge in [-0.1, -0.05) is 58.9 Å². The molecule has 0 fully saturated rings. The number of nitrogens with zero attached hydrogens (tertiary/aromatic N) is 5. The Morgan fingerprint density at radius 2 is 1.82 bits per heavy atom. The van der Waals surface area contributed by atoms with E-state index in [0.717, 1.165) is 41.2 Å². The van der Waals surface area contributed by atoms with E-state index in [1.807, 2.05) is 86.8 Å². The minimum Gasteiger partial charge on any atom is -0.484 e. The highest BCUT2D eigenvalue weighted by atomic mass is 16.5. The van der Waals surface area contributed by atoms with E-state index in [0.29, 0.717) is 30.9 Å². The van der Waals surface area contributed by atoms with Crippen molar-refractivity contribution in [1.82, 2.24) is 35.1 Å². The molecule has 1 aliphatic carbocycles. The molecule has 0 saturated carbocycles. The summed E-state index contributed by atoms with van der Waals surface area (Å²) in [6.07, 6.45) is 4.19. The molecule has 5 rings (SSSR count). The topological polar surface area (TPSA) is 163 Å². The Labute approximate surface area is 287 Å². The zero-order chi connectivity index (χ0) is 35.7. The summed E-state index contributed by atoms with van der Waals surface area (Å²) < 4.78 is 8.56. The first-order valence-corrected chi connectivity index (χ1v) is 16.6. The molecule has 49 heavy (non-hydrogen) atoms. The van der Waals surface area contributed by atoms with E-state index in [1.54, 1.807) is 6.07 Å². The van der Waals surface area contributed by atoms with Crippen LogP contribution in [0.3, 0.4) is 0 Å². The van der Waals surface area contributed by atoms with Crippen LogP contribution in [-0.4, -0.2) is 75.2 Å². The maximum atomic E-state index is 13.4. The van der Waals surface area contributed by atoms with Gasteiger partial charge in [0.2, 0.25) is 0 Å². The van der Waals surface area contributed by atoms with Crippen LogP contribution in [0.15, 0.2) is 54.7 Å². The zero-order valence-electron chi connectivity index (χ0n) is 29.4. The molecule has 1 aromatic carbocycles. The van der Waals surface area contributed by atoms with Crippen molar-refractivity contribution >= 4 is 29.7 Å². The van der Waals surface area contributed by atoms with Gasteiger partial charge in [0.1, 0.15) is 23.4 Å². The summed E-state index contributed by atoms with van der Waals surface area (Å²) in [5.41, 5.74) is 4.03. The van der Waals surface area contributed by atoms with Crippen LogP contribution in [0.2, 0.25) is 0 Å². The number of pyridine rings is 2. The summed E-state index contributed by atoms with van der Waals surface area (Å²) in [7, 11) is 3.90. The van der Waals surface area contributed by atoms with E-state index in [-0.39, 0.29) is 47.6 Å². The van der Waals surface area contributed by atoms with Crippen molar-refractivity contribution in [1.29, 1.82) is 0 Å². The Morgan fingerprint density at radius 1 is 1.10 bits per heavy atom. The molecule has 13 nitrogen and oxygen atoms in total. The number of hydrogen-bond donors (Lipinski definition) is 4. The Balaban J connectivity index is 0.00000174. The van der Waals surface area contributed by atoms with Crippen molar-refractivity contribution in [2.75, 3.05) is 32.5 Å². The van der Waals surface area contributed by atoms with Gasteiger partial charge in [0.05, 0.1) is 12.2 Å². The summed E-state index contributed by atoms with van der Waals surface area (Å²) in [5.74, 6) is 1.67. The van der Waals surface area contributed by atoms with Crippen molar-refractivity contribution in [2.45, 2.75) is 77.4 Å². The summed E-state index contributed by atoms with van der Waals surface area (Å²) in [6, 6.07) is 14.8. The fourth-order valence-electron chi connectivity index (χ4n) is 5.58. The largest absolute Gasteiger partial charge is 0.484 e. The van der Waals surface area contributed by atoms with Crippen LogP contribution in [0.1, 0.15) is 105 Å². The number of anilines is 1. The maximum Gasteiger partial charge on any atom is 0.319 e. The van der Waals surface area contributed by atoms with Gasteiger partial charge >= 0.3 is 6.03 Å². The van der Waals surface area contributed by atoms with Gasteiger partial charge in [0.25, 0.3) is 12.4 Å². The van der Waals surface area contributed by atoms with Gasteiger partial charge in [-0.25, -0.2) is 9.78 Å². The predicted octanol–water partition coefficient (Wildman–Crippen LogP) is 5.70. The van der Waals surface area contributed by atoms with Crippen LogP contribution in [0.25, 0.3) is 5.65 Å². The van der Waals surface area contributed by atoms with Gasteiger partial charge in [-0.2, -0.15) is 0 Å². The van der Waals surface area contributed by atoms with Crippen molar-refractivity contribution < 1.29 is 24.2 Å². The minimum atomic E-state index is -0.347. The smallest absolute Gasteiger partial charge is 0.319 e. The molecule has 1 aliphatic rings. The standard InChI is InChI=1S/C35H46N8O3.CH2O2/c1-8-22(2)32-41-40-31-16-13-24(21-43(31)32)46-29-15-14-27(25-11-9-10-12-26(25)29)39-34(45)37-23-19-28(33(44)36-17-18-42(6)7)38-30(20-23)35(3,4)5;2-1-3/h9-13,16,19-22,27,29H,8,14-15,17-18H2,1-7H3,(H,36,44)(H2,37,38,39,45);1H,(H,2,3)/t22?,27-,29+;/m0./s1. The van der Waals surface area contributed by atoms with Crippen LogP contribution in [-0.2, 0) is 10.2 Å². The number of nitrogens with one attached hydrogen (secondary N) is 3. The van der Waals surface area contributed by atoms with Crippen molar-refractivity contribution in [3.8, 4) is 5.75 Å². The lowest BCUT2D eigenvalue weighted by molar-refractivity contribution is -0.122. The van der Waals surface area contributed by atoms with E-state index >= 15 is 0 Å². The number of rotatable bonds is 10. The monoisotopic (exact) mass is 672 g/mol. The third kappa shape index (κ3) is 9.53. The highest BCUT2D eigenvalue weighted by Gasteiger charge is 2.30. The highest BCUT2D eigenvalue weighted by Crippen LogP contribution is 2.39. The Hall–Kier alpha value is -5.04. The predicted molar refractivity (Wildman–Crippen MR) is 188 cm³/mol. The minimum absolute atomic E-state index is 0.165. The Kier molecular flexibility index (Phi) is 12.3. The number of carboxylic acid groups (broad SMARTS) is 1. The van der Waals surface area contributed by atoms with Crippen molar-refractivity contribution in [3.63, 3.8) is 0 Å². The first-order valence-electron chi connectivity index (χ1n) is 16.6. The summed E-state index contributed by atoms with van der Waals surface area (Å²) in [6.45, 7) is 11.3. The fraction of sp³-hybridized carbons (Fsp3) is 0.444. The van der Waals surface area contributed by atoms with E-state index in [4.69, 9.17) is 14.6 Å². The van der Waals surface area contributed by atoms with E-state index in [9.17, 15) is 9.59 Å². The number of fused-ring (bicyclic) bond motifs is 2. The van der Waals surface area contributed by atoms with Crippen LogP contribution in [0.4, 0.5) is 10.5 Å². The molecule has 0 saturated heterocycles. The third-order valence-corrected chi connectivity index (χ3v) is 8.40. The van der Waals surface area contributed by atoms with E-state index in [2.05, 4.69) is 51.0 Å². The molecule has 13 heteroatoms. The summed E-state index contributed by atoms with van der Waals surface area (Å²) in [4.78, 5) is 41.3. The zero-order valence-corrected chi connectivity index (χ0v) is 29.4. The van der Waals surface area contributed by atoms with Crippen LogP contribution < -0.4 is 20.7 Å². The van der Waals surface area contributed by atoms with Gasteiger partial charge in [0.15, 0.2) is 5.65 Å². The number of hydrogen-bond acceptors (Lipinski definition) is 8. The summed E-state index contributed by atoms with van der Waals surface area (Å²) >= 11 is 0. The number of amides is 3. The van der Waals surface area contributed by atoms with Gasteiger partial charge in [-0.3, -0.25) is 14.0 Å². The number of urea groups is 1. The molecule has 0 bridgehead atoms. The first-order chi connectivity index (χ1) is 23.3. The normalized spacial score (nSPS) is 16.2. The van der Waals surface area contributed by atoms with Gasteiger partial charge < -0.3 is 30.7 Å². The van der Waals surface area contributed by atoms with Crippen LogP contribution in [0.5, 0.6) is 5.75 Å². The molecule has 3 atom stereocenters. The number of likely N-dealkylation sites (N-methyl/N-ethyl adjacent to an activating group) is 1. The average Bonchev–Trinajstić information content (AvgIpc) is 3.48. The number of carbonyl (C=O) groups is 3. The molecular weight excluding hydrogens is 624 g/mol. The quantitative estimate of drug-likeness (QED) is 0.155. The number of ether oxygens (including phenoxy) is 1. The maximum absolute atomic E-state index is 13.4. The second-order valence-electron chi connectivity index (χ2n) is 13.5. The molecule has 262 valence electrons. The average molecular weight is 673 g/mol. The molecule has 3 heterocycles. The molecule has 1 unspecified atom stereocenters. The first kappa shape index (κ1) is 36.8. The molecule has 3 amide bonds. The molecule has 3 aromatic heterocycles. The third-order valence-electron chi connectivity index (χ3n) is 8.40. The van der Waals surface area contributed by atoms with E-state index < -0.39 is 0 Å². The molecular formula is C36H48N8O5. The Bertz CT molecular complexity index is 1750. The number of benzene rings is 1. The lowest BCUT2D eigenvalue weighted by atomic mass is 9.85. The van der Waals surface area contributed by atoms with Gasteiger partial charge in [0, 0.05) is 35.8 Å². The lowest BCUT2D eigenvalue weighted by Gasteiger charge is -2.32. The number of aromatic nitrogens is 4. The van der Waals surface area contributed by atoms with Crippen molar-refractivity contribution in [3.05, 3.63) is 83.1 Å². The molecule has 0 aliphatic heterocycles. The van der Waals surface area contributed by atoms with Gasteiger partial charge in [-0.05, 0) is 68.8 Å². The fourth-order valence-corrected chi connectivity index (χ4v) is 5.58. The molecule has 0 spiro atoms. The summed E-state index contributed by atoms with van der Waals surface area (Å²) in [5, 5.41) is 24.6. The second kappa shape index (κ2) is 16.4. The molecule has 4 aromatic rings. The lowest BCUT2D eigenvalue weighted by Crippen LogP contribution is -2.36. The van der Waals surface area contributed by atoms with E-state index in [1.165, 1.54) is 0 Å². The highest BCUT2D eigenvalue weighted by molar-refractivity contribution is 5.95. The molecule has 0 radical (unpaired) electrons. The second-order valence-corrected chi connectivity index (χ2v) is 13.5. The van der Waals surface area contributed by atoms with Gasteiger partial charge in [-0.15, -0.1) is 10.2 Å². The Morgan fingerprint density at radius 3 is 2.49 bits per heavy atom. The number of carbonyl (C=O) groups excluding carboxylic acids is 2. The SMILES string of the molecule is CCC(C)c1nnc2ccc(O[C@@H]3CC[C@H](NC(=O)Nc4cc(C(=O)NCCN(C)C)nc(C(C)(C)C)c4)c4ccccc43)cn12.O=CO. The van der Waals surface area contributed by atoms with Crippen molar-refractivity contribution in [2.24, 2.45) is 0 Å². The molecule has 4 N–H and O–H groups in total. The van der Waals surface area contributed by atoms with Crippen LogP contribution >= 0.6 is 0 Å². The van der Waals surface area contributed by atoms with Crippen LogP contribution in [0, 0.1) is 0 Å².